The summed E-state index contributed by atoms with van der Waals surface area (Å²) in [6.45, 7) is 5.47. The van der Waals surface area contributed by atoms with Gasteiger partial charge in [0.2, 0.25) is 11.8 Å². The Kier molecular flexibility index (Phi) is 8.34. The molecular formula is C31H33ClN2O4. The zero-order chi connectivity index (χ0) is 27.4. The van der Waals surface area contributed by atoms with Crippen LogP contribution in [0.3, 0.4) is 0 Å². The highest BCUT2D eigenvalue weighted by Gasteiger charge is 2.56. The Bertz CT molecular complexity index is 1340. The Morgan fingerprint density at radius 3 is 1.89 bits per heavy atom. The molecule has 4 atom stereocenters. The third-order valence-corrected chi connectivity index (χ3v) is 7.65. The van der Waals surface area contributed by atoms with Crippen LogP contribution < -0.4 is 10.6 Å². The van der Waals surface area contributed by atoms with Gasteiger partial charge in [0.05, 0.1) is 11.5 Å². The van der Waals surface area contributed by atoms with E-state index in [2.05, 4.69) is 10.6 Å². The molecule has 3 aromatic carbocycles. The van der Waals surface area contributed by atoms with Gasteiger partial charge in [-0.05, 0) is 60.7 Å². The number of Topliss-reactive ketones (excluding diaryl/α,β-unsaturated/α-hetero) is 1. The van der Waals surface area contributed by atoms with Crippen molar-refractivity contribution in [3.05, 3.63) is 94.5 Å². The summed E-state index contributed by atoms with van der Waals surface area (Å²) in [5.74, 6) is -4.54. The van der Waals surface area contributed by atoms with E-state index in [0.29, 0.717) is 34.8 Å². The van der Waals surface area contributed by atoms with Crippen molar-refractivity contribution < 1.29 is 19.5 Å². The maximum absolute atomic E-state index is 13.9. The molecule has 0 bridgehead atoms. The molecule has 4 unspecified atom stereocenters. The van der Waals surface area contributed by atoms with Crippen LogP contribution in [0.1, 0.15) is 49.8 Å². The van der Waals surface area contributed by atoms with Crippen molar-refractivity contribution in [3.8, 4) is 0 Å². The summed E-state index contributed by atoms with van der Waals surface area (Å²) in [7, 11) is 0. The number of aliphatic hydroxyl groups is 1. The minimum Gasteiger partial charge on any atom is -0.389 e. The third kappa shape index (κ3) is 5.66. The quantitative estimate of drug-likeness (QED) is 0.336. The van der Waals surface area contributed by atoms with Gasteiger partial charge < -0.3 is 15.7 Å². The summed E-state index contributed by atoms with van der Waals surface area (Å²) in [6, 6.07) is 21.6. The first kappa shape index (κ1) is 27.6. The van der Waals surface area contributed by atoms with E-state index >= 15 is 0 Å². The van der Waals surface area contributed by atoms with Crippen LogP contribution >= 0.6 is 11.6 Å². The van der Waals surface area contributed by atoms with Crippen molar-refractivity contribution in [1.29, 1.82) is 0 Å². The average Bonchev–Trinajstić information content (AvgIpc) is 2.88. The molecule has 0 aromatic heterocycles. The number of nitrogens with one attached hydrogen (secondary N) is 2. The second-order valence-corrected chi connectivity index (χ2v) is 10.5. The monoisotopic (exact) mass is 532 g/mol. The summed E-state index contributed by atoms with van der Waals surface area (Å²) in [4.78, 5) is 41.2. The molecule has 0 heterocycles. The number of amides is 2. The number of anilines is 2. The van der Waals surface area contributed by atoms with Gasteiger partial charge in [-0.15, -0.1) is 0 Å². The molecule has 3 N–H and O–H groups in total. The predicted octanol–water partition coefficient (Wildman–Crippen LogP) is 5.78. The normalized spacial score (nSPS) is 23.1. The lowest BCUT2D eigenvalue weighted by Crippen LogP contribution is -2.56. The number of rotatable bonds is 7. The highest BCUT2D eigenvalue weighted by molar-refractivity contribution is 6.30. The first-order valence-electron chi connectivity index (χ1n) is 12.9. The number of para-hydroxylation sites is 2. The number of halogens is 1. The fraction of sp³-hybridized carbons (Fsp3) is 0.323. The van der Waals surface area contributed by atoms with Crippen LogP contribution in [-0.4, -0.2) is 28.3 Å². The van der Waals surface area contributed by atoms with Crippen LogP contribution in [0.5, 0.6) is 0 Å². The number of hydrogen-bond donors (Lipinski definition) is 3. The molecule has 198 valence electrons. The summed E-state index contributed by atoms with van der Waals surface area (Å²) in [6.07, 6.45) is 1.09. The zero-order valence-electron chi connectivity index (χ0n) is 21.8. The standard InChI is InChI=1S/C31H33ClN2O4/c1-4-19-10-6-8-12-23(19)33-29(36)27-25(35)18-31(3,38)28(26(27)21-14-16-22(32)17-15-21)30(37)34-24-13-9-7-11-20(24)5-2/h6-17,26-28,38H,4-5,18H2,1-3H3,(H,33,36)(H,34,37). The number of hydrogen-bond acceptors (Lipinski definition) is 4. The lowest BCUT2D eigenvalue weighted by atomic mass is 9.61. The molecule has 7 heteroatoms. The molecule has 2 amide bonds. The van der Waals surface area contributed by atoms with Crippen LogP contribution in [-0.2, 0) is 27.2 Å². The van der Waals surface area contributed by atoms with E-state index in [4.69, 9.17) is 11.6 Å². The average molecular weight is 533 g/mol. The maximum Gasteiger partial charge on any atom is 0.235 e. The number of carbonyl (C=O) groups is 3. The Hall–Kier alpha value is -3.48. The molecule has 6 nitrogen and oxygen atoms in total. The molecule has 1 fully saturated rings. The minimum absolute atomic E-state index is 0.321. The van der Waals surface area contributed by atoms with Crippen molar-refractivity contribution in [2.45, 2.75) is 51.6 Å². The molecule has 1 aliphatic rings. The van der Waals surface area contributed by atoms with Gasteiger partial charge >= 0.3 is 0 Å². The van der Waals surface area contributed by atoms with Crippen LogP contribution in [0.2, 0.25) is 5.02 Å². The second-order valence-electron chi connectivity index (χ2n) is 10.0. The largest absolute Gasteiger partial charge is 0.389 e. The lowest BCUT2D eigenvalue weighted by molar-refractivity contribution is -0.150. The summed E-state index contributed by atoms with van der Waals surface area (Å²) >= 11 is 6.14. The lowest BCUT2D eigenvalue weighted by Gasteiger charge is -2.44. The van der Waals surface area contributed by atoms with E-state index in [1.54, 1.807) is 30.3 Å². The van der Waals surface area contributed by atoms with Gasteiger partial charge in [-0.2, -0.15) is 0 Å². The van der Waals surface area contributed by atoms with E-state index in [9.17, 15) is 19.5 Å². The fourth-order valence-electron chi connectivity index (χ4n) is 5.50. The molecule has 0 aliphatic heterocycles. The van der Waals surface area contributed by atoms with Gasteiger partial charge in [0.1, 0.15) is 11.7 Å². The maximum atomic E-state index is 13.9. The highest BCUT2D eigenvalue weighted by Crippen LogP contribution is 2.47. The SMILES string of the molecule is CCc1ccccc1NC(=O)C1C(=O)CC(C)(O)C(C(=O)Nc2ccccc2CC)C1c1ccc(Cl)cc1. The van der Waals surface area contributed by atoms with Gasteiger partial charge in [-0.3, -0.25) is 14.4 Å². The third-order valence-electron chi connectivity index (χ3n) is 7.40. The smallest absolute Gasteiger partial charge is 0.235 e. The van der Waals surface area contributed by atoms with Crippen LogP contribution in [0.15, 0.2) is 72.8 Å². The van der Waals surface area contributed by atoms with Gasteiger partial charge in [0, 0.05) is 28.7 Å². The Morgan fingerprint density at radius 1 is 0.868 bits per heavy atom. The first-order valence-corrected chi connectivity index (χ1v) is 13.3. The minimum atomic E-state index is -1.68. The topological polar surface area (TPSA) is 95.5 Å². The molecule has 38 heavy (non-hydrogen) atoms. The van der Waals surface area contributed by atoms with Crippen LogP contribution in [0.25, 0.3) is 0 Å². The van der Waals surface area contributed by atoms with Gasteiger partial charge in [-0.1, -0.05) is 74.0 Å². The van der Waals surface area contributed by atoms with E-state index < -0.39 is 41.0 Å². The van der Waals surface area contributed by atoms with Crippen LogP contribution in [0, 0.1) is 11.8 Å². The van der Waals surface area contributed by atoms with E-state index in [1.807, 2.05) is 56.3 Å². The molecule has 0 radical (unpaired) electrons. The van der Waals surface area contributed by atoms with Crippen molar-refractivity contribution in [3.63, 3.8) is 0 Å². The van der Waals surface area contributed by atoms with E-state index in [1.165, 1.54) is 6.92 Å². The van der Waals surface area contributed by atoms with Gasteiger partial charge in [-0.25, -0.2) is 0 Å². The zero-order valence-corrected chi connectivity index (χ0v) is 22.6. The predicted molar refractivity (Wildman–Crippen MR) is 150 cm³/mol. The summed E-state index contributed by atoms with van der Waals surface area (Å²) in [5, 5.41) is 17.9. The Morgan fingerprint density at radius 2 is 1.37 bits per heavy atom. The van der Waals surface area contributed by atoms with Crippen molar-refractivity contribution in [2.24, 2.45) is 11.8 Å². The summed E-state index contributed by atoms with van der Waals surface area (Å²) < 4.78 is 0. The fourth-order valence-corrected chi connectivity index (χ4v) is 5.62. The van der Waals surface area contributed by atoms with Crippen molar-refractivity contribution >= 4 is 40.6 Å². The number of ketones is 1. The molecule has 1 saturated carbocycles. The Balaban J connectivity index is 1.78. The number of benzene rings is 3. The van der Waals surface area contributed by atoms with Gasteiger partial charge in [0.15, 0.2) is 0 Å². The first-order chi connectivity index (χ1) is 18.2. The molecule has 4 rings (SSSR count). The van der Waals surface area contributed by atoms with Crippen LogP contribution in [0.4, 0.5) is 11.4 Å². The molecule has 3 aromatic rings. The van der Waals surface area contributed by atoms with Crippen molar-refractivity contribution in [1.82, 2.24) is 0 Å². The number of carbonyl (C=O) groups excluding carboxylic acids is 3. The summed E-state index contributed by atoms with van der Waals surface area (Å²) in [5.41, 5.74) is 2.05. The Labute approximate surface area is 228 Å². The van der Waals surface area contributed by atoms with Crippen molar-refractivity contribution in [2.75, 3.05) is 10.6 Å². The number of aryl methyl sites for hydroxylation is 2. The second kappa shape index (κ2) is 11.5. The highest BCUT2D eigenvalue weighted by atomic mass is 35.5. The molecule has 0 spiro atoms. The molecule has 0 saturated heterocycles. The van der Waals surface area contributed by atoms with E-state index in [0.717, 1.165) is 11.1 Å². The molecule has 1 aliphatic carbocycles. The molecular weight excluding hydrogens is 500 g/mol. The van der Waals surface area contributed by atoms with Gasteiger partial charge in [0.25, 0.3) is 0 Å². The van der Waals surface area contributed by atoms with E-state index in [-0.39, 0.29) is 6.42 Å².